The van der Waals surface area contributed by atoms with Crippen LogP contribution in [0.15, 0.2) is 52.2 Å². The summed E-state index contributed by atoms with van der Waals surface area (Å²) < 4.78 is 12.9. The molecule has 0 unspecified atom stereocenters. The highest BCUT2D eigenvalue weighted by Gasteiger charge is 2.73. The number of Topliss-reactive ketones (excluding diaryl/α,β-unsaturated/α-hetero) is 1. The van der Waals surface area contributed by atoms with E-state index in [1.807, 2.05) is 36.4 Å². The fourth-order valence-electron chi connectivity index (χ4n) is 8.01. The lowest BCUT2D eigenvalue weighted by atomic mass is 9.49. The third kappa shape index (κ3) is 3.56. The number of methoxy groups -OCH3 is 1. The van der Waals surface area contributed by atoms with E-state index in [1.54, 1.807) is 7.11 Å². The number of hydrogen-bond acceptors (Lipinski definition) is 7. The van der Waals surface area contributed by atoms with Crippen LogP contribution in [0.3, 0.4) is 0 Å². The van der Waals surface area contributed by atoms with E-state index < -0.39 is 28.4 Å². The molecule has 0 radical (unpaired) electrons. The lowest BCUT2D eigenvalue weighted by molar-refractivity contribution is -0.198. The minimum atomic E-state index is -0.636. The van der Waals surface area contributed by atoms with Gasteiger partial charge in [0.25, 0.3) is 11.5 Å². The number of nitrogens with one attached hydrogen (secondary N) is 3. The number of benzene rings is 2. The summed E-state index contributed by atoms with van der Waals surface area (Å²) in [5, 5.41) is 3.03. The smallest absolute Gasteiger partial charge is 0.325 e. The first-order valence-corrected chi connectivity index (χ1v) is 14.1. The van der Waals surface area contributed by atoms with Gasteiger partial charge in [-0.3, -0.25) is 19.4 Å². The van der Waals surface area contributed by atoms with E-state index in [0.29, 0.717) is 48.2 Å². The monoisotopic (exact) mass is 556 g/mol. The Balaban J connectivity index is 1.13. The van der Waals surface area contributed by atoms with Crippen molar-refractivity contribution in [3.8, 4) is 16.9 Å². The summed E-state index contributed by atoms with van der Waals surface area (Å²) in [7, 11) is 3.88. The number of likely N-dealkylation sites (N-methyl/N-ethyl adjacent to an activating group) is 1. The number of carbonyl (C=O) groups is 2. The molecule has 7 rings (SSSR count). The van der Waals surface area contributed by atoms with Crippen LogP contribution in [0, 0.1) is 0 Å². The zero-order valence-corrected chi connectivity index (χ0v) is 23.0. The minimum absolute atomic E-state index is 0.0867. The second-order valence-electron chi connectivity index (χ2n) is 11.6. The number of aromatic amines is 2. The summed E-state index contributed by atoms with van der Waals surface area (Å²) in [4.78, 5) is 57.2. The van der Waals surface area contributed by atoms with Gasteiger partial charge in [-0.2, -0.15) is 0 Å². The van der Waals surface area contributed by atoms with Gasteiger partial charge in [-0.25, -0.2) is 4.79 Å². The van der Waals surface area contributed by atoms with E-state index in [9.17, 15) is 19.2 Å². The highest BCUT2D eigenvalue weighted by Crippen LogP contribution is 2.64. The molecule has 2 aliphatic heterocycles. The molecule has 2 bridgehead atoms. The summed E-state index contributed by atoms with van der Waals surface area (Å²) in [5.41, 5.74) is 2.53. The Kier molecular flexibility index (Phi) is 5.85. The number of carbonyl (C=O) groups excluding carboxylic acids is 2. The predicted octanol–water partition coefficient (Wildman–Crippen LogP) is 1.71. The van der Waals surface area contributed by atoms with Gasteiger partial charge >= 0.3 is 5.69 Å². The molecule has 10 heteroatoms. The zero-order chi connectivity index (χ0) is 28.5. The summed E-state index contributed by atoms with van der Waals surface area (Å²) in [5.74, 6) is 0.392. The summed E-state index contributed by atoms with van der Waals surface area (Å²) >= 11 is 0. The van der Waals surface area contributed by atoms with Crippen molar-refractivity contribution in [3.05, 3.63) is 85.7 Å². The van der Waals surface area contributed by atoms with Crippen molar-refractivity contribution in [2.45, 2.75) is 55.3 Å². The zero-order valence-electron chi connectivity index (χ0n) is 23.0. The second kappa shape index (κ2) is 9.25. The Labute approximate surface area is 236 Å². The van der Waals surface area contributed by atoms with Crippen LogP contribution in [-0.2, 0) is 27.8 Å². The Morgan fingerprint density at radius 3 is 2.71 bits per heavy atom. The van der Waals surface area contributed by atoms with E-state index in [4.69, 9.17) is 9.47 Å². The highest BCUT2D eigenvalue weighted by molar-refractivity contribution is 5.99. The van der Waals surface area contributed by atoms with Crippen molar-refractivity contribution in [3.63, 3.8) is 0 Å². The molecular formula is C31H32N4O6. The van der Waals surface area contributed by atoms with Crippen molar-refractivity contribution < 1.29 is 19.1 Å². The topological polar surface area (TPSA) is 134 Å². The van der Waals surface area contributed by atoms with Crippen molar-refractivity contribution >= 4 is 11.7 Å². The molecule has 1 saturated heterocycles. The normalized spacial score (nSPS) is 27.7. The number of likely N-dealkylation sites (tertiary alicyclic amines) is 1. The molecule has 2 aromatic carbocycles. The lowest BCUT2D eigenvalue weighted by Crippen LogP contribution is -2.76. The van der Waals surface area contributed by atoms with Gasteiger partial charge in [-0.1, -0.05) is 30.3 Å². The van der Waals surface area contributed by atoms with E-state index in [0.717, 1.165) is 36.1 Å². The number of ether oxygens (including phenoxy) is 2. The maximum atomic E-state index is 13.5. The maximum Gasteiger partial charge on any atom is 0.325 e. The van der Waals surface area contributed by atoms with E-state index in [-0.39, 0.29) is 17.7 Å². The molecule has 1 amide bonds. The summed E-state index contributed by atoms with van der Waals surface area (Å²) in [6.45, 7) is 1.24. The minimum Gasteiger partial charge on any atom is -0.480 e. The van der Waals surface area contributed by atoms with Gasteiger partial charge in [0, 0.05) is 37.9 Å². The van der Waals surface area contributed by atoms with Crippen molar-refractivity contribution in [2.24, 2.45) is 0 Å². The van der Waals surface area contributed by atoms with Crippen LogP contribution in [-0.4, -0.2) is 71.6 Å². The van der Waals surface area contributed by atoms with Crippen LogP contribution in [0.2, 0.25) is 0 Å². The van der Waals surface area contributed by atoms with E-state index >= 15 is 0 Å². The third-order valence-corrected chi connectivity index (χ3v) is 9.90. The fourth-order valence-corrected chi connectivity index (χ4v) is 8.01. The fraction of sp³-hybridized carbons (Fsp3) is 0.419. The Bertz CT molecular complexity index is 1690. The molecule has 1 saturated carbocycles. The standard InChI is InChI=1S/C31H32N4O6/c1-35-14-12-30-24-19-7-8-20(25(24)41-26(30)22(36)9-11-31(30,40-2)23(35)15-19)27(37)32-13-10-17-3-5-18(6-4-17)21-16-33-29(39)34-28(21)38/h3-8,16,23,26H,9-15H2,1-2H3,(H,32,37)(H2,33,34,38,39)/t23-,26+,30+,31-/m1/s1. The summed E-state index contributed by atoms with van der Waals surface area (Å²) in [6.07, 6.45) is 3.95. The largest absolute Gasteiger partial charge is 0.480 e. The molecule has 3 heterocycles. The molecule has 2 fully saturated rings. The van der Waals surface area contributed by atoms with Gasteiger partial charge in [0.05, 0.1) is 22.1 Å². The van der Waals surface area contributed by atoms with Crippen LogP contribution >= 0.6 is 0 Å². The molecule has 4 aliphatic rings. The van der Waals surface area contributed by atoms with E-state index in [1.165, 1.54) is 6.20 Å². The Morgan fingerprint density at radius 2 is 1.95 bits per heavy atom. The molecule has 1 spiro atoms. The van der Waals surface area contributed by atoms with E-state index in [2.05, 4.69) is 27.2 Å². The Hall–Kier alpha value is -4.02. The first kappa shape index (κ1) is 25.9. The molecule has 212 valence electrons. The first-order valence-electron chi connectivity index (χ1n) is 14.1. The lowest BCUT2D eigenvalue weighted by Gasteiger charge is -2.63. The van der Waals surface area contributed by atoms with Crippen LogP contribution in [0.25, 0.3) is 11.1 Å². The molecule has 10 nitrogen and oxygen atoms in total. The van der Waals surface area contributed by atoms with Crippen LogP contribution < -0.4 is 21.3 Å². The molecule has 4 atom stereocenters. The highest BCUT2D eigenvalue weighted by atomic mass is 16.5. The molecule has 3 N–H and O–H groups in total. The van der Waals surface area contributed by atoms with Crippen LogP contribution in [0.1, 0.15) is 46.3 Å². The van der Waals surface area contributed by atoms with Gasteiger partial charge in [0.2, 0.25) is 0 Å². The van der Waals surface area contributed by atoms with Gasteiger partial charge in [-0.15, -0.1) is 0 Å². The number of ketones is 1. The second-order valence-corrected chi connectivity index (χ2v) is 11.6. The molecular weight excluding hydrogens is 524 g/mol. The van der Waals surface area contributed by atoms with Crippen LogP contribution in [0.5, 0.6) is 5.75 Å². The van der Waals surface area contributed by atoms with Gasteiger partial charge < -0.3 is 24.7 Å². The van der Waals surface area contributed by atoms with Gasteiger partial charge in [0.15, 0.2) is 11.9 Å². The maximum absolute atomic E-state index is 13.5. The summed E-state index contributed by atoms with van der Waals surface area (Å²) in [6, 6.07) is 11.4. The number of nitrogens with zero attached hydrogens (tertiary/aromatic N) is 1. The van der Waals surface area contributed by atoms with Crippen LogP contribution in [0.4, 0.5) is 0 Å². The number of H-pyrrole nitrogens is 2. The number of rotatable bonds is 6. The van der Waals surface area contributed by atoms with Gasteiger partial charge in [0.1, 0.15) is 5.75 Å². The van der Waals surface area contributed by atoms with Crippen molar-refractivity contribution in [1.82, 2.24) is 20.2 Å². The average molecular weight is 557 g/mol. The number of piperidine rings is 1. The van der Waals surface area contributed by atoms with Crippen molar-refractivity contribution in [2.75, 3.05) is 27.2 Å². The molecule has 2 aliphatic carbocycles. The number of amides is 1. The SMILES string of the molecule is CO[C@@]12CCC(=O)[C@@H]3Oc4c(C(=O)NCCc5ccc(-c6c[nH]c(=O)[nH]c6=O)cc5)ccc5c4[C@@]31CCN(C)[C@@H]2C5. The quantitative estimate of drug-likeness (QED) is 0.421. The van der Waals surface area contributed by atoms with Gasteiger partial charge in [-0.05, 0) is 62.0 Å². The predicted molar refractivity (Wildman–Crippen MR) is 150 cm³/mol. The molecule has 41 heavy (non-hydrogen) atoms. The molecule has 3 aromatic rings. The molecule has 1 aromatic heterocycles. The number of hydrogen-bond donors (Lipinski definition) is 3. The average Bonchev–Trinajstić information content (AvgIpc) is 3.32. The Morgan fingerprint density at radius 1 is 1.15 bits per heavy atom. The van der Waals surface area contributed by atoms with Crippen molar-refractivity contribution in [1.29, 1.82) is 0 Å². The third-order valence-electron chi connectivity index (χ3n) is 9.90. The first-order chi connectivity index (χ1) is 19.8. The number of aromatic nitrogens is 2.